The molecule has 0 spiro atoms. The number of halogens is 1. The van der Waals surface area contributed by atoms with Crippen molar-refractivity contribution in [3.63, 3.8) is 0 Å². The van der Waals surface area contributed by atoms with Crippen molar-refractivity contribution in [3.8, 4) is 11.1 Å². The molecule has 0 aliphatic carbocycles. The van der Waals surface area contributed by atoms with Gasteiger partial charge in [0.2, 0.25) is 0 Å². The van der Waals surface area contributed by atoms with E-state index in [9.17, 15) is 9.90 Å². The Morgan fingerprint density at radius 2 is 1.82 bits per heavy atom. The third kappa shape index (κ3) is 7.22. The van der Waals surface area contributed by atoms with Crippen molar-refractivity contribution < 1.29 is 19.1 Å². The summed E-state index contributed by atoms with van der Waals surface area (Å²) in [4.78, 5) is 23.5. The first kappa shape index (κ1) is 34.2. The summed E-state index contributed by atoms with van der Waals surface area (Å²) in [6.07, 6.45) is 4.06. The highest BCUT2D eigenvalue weighted by atomic mass is 35.5. The summed E-state index contributed by atoms with van der Waals surface area (Å²) in [6, 6.07) is 8.07. The Bertz CT molecular complexity index is 1570. The number of fused-ring (bicyclic) bond motifs is 2. The average Bonchev–Trinajstić information content (AvgIpc) is 3.54. The lowest BCUT2D eigenvalue weighted by molar-refractivity contribution is -0.0240. The second-order valence-electron chi connectivity index (χ2n) is 15.8. The normalized spacial score (nSPS) is 19.7. The molecule has 0 saturated carbocycles. The fourth-order valence-electron chi connectivity index (χ4n) is 6.28. The van der Waals surface area contributed by atoms with E-state index in [1.54, 1.807) is 30.1 Å². The lowest BCUT2D eigenvalue weighted by Crippen LogP contribution is -2.49. The first-order chi connectivity index (χ1) is 20.7. The number of thiophene rings is 1. The van der Waals surface area contributed by atoms with Gasteiger partial charge in [0.25, 0.3) is 0 Å². The van der Waals surface area contributed by atoms with Crippen LogP contribution in [0.25, 0.3) is 21.3 Å². The minimum atomic E-state index is -1.90. The molecule has 5 rings (SSSR count). The lowest BCUT2D eigenvalue weighted by Gasteiger charge is -2.38. The quantitative estimate of drug-likeness (QED) is 0.264. The van der Waals surface area contributed by atoms with Gasteiger partial charge in [-0.3, -0.25) is 4.98 Å². The highest BCUT2D eigenvalue weighted by Gasteiger charge is 2.47. The van der Waals surface area contributed by atoms with Gasteiger partial charge in [-0.25, -0.2) is 4.79 Å². The molecule has 2 atom stereocenters. The lowest BCUT2D eigenvalue weighted by atomic mass is 9.91. The topological polar surface area (TPSA) is 75.1 Å². The highest BCUT2D eigenvalue weighted by Crippen LogP contribution is 2.46. The monoisotopic (exact) mass is 671 g/mol. The van der Waals surface area contributed by atoms with Crippen LogP contribution in [0.4, 0.5) is 10.5 Å². The van der Waals surface area contributed by atoms with Crippen molar-refractivity contribution in [3.05, 3.63) is 45.9 Å². The number of nitrogens with zero attached hydrogens (tertiary/aromatic N) is 3. The molecule has 2 aromatic heterocycles. The van der Waals surface area contributed by atoms with Gasteiger partial charge in [0, 0.05) is 52.0 Å². The van der Waals surface area contributed by atoms with Crippen LogP contribution in [-0.2, 0) is 22.2 Å². The van der Waals surface area contributed by atoms with E-state index in [4.69, 9.17) is 25.7 Å². The Morgan fingerprint density at radius 3 is 2.47 bits per heavy atom. The van der Waals surface area contributed by atoms with Gasteiger partial charge in [0.15, 0.2) is 8.32 Å². The average molecular weight is 672 g/mol. The van der Waals surface area contributed by atoms with Crippen LogP contribution in [0.1, 0.15) is 78.7 Å². The SMILES string of the molecule is CC(C)(C)OC(=O)N1C[C@@H](N2CCCc3cc(Cl)cc(-c4ccnc5cc(CO[Si](C)(C)C(C)(C)C)sc45)c32)C[C@H]1C(C)(C)O. The molecule has 2 aliphatic rings. The molecule has 2 aliphatic heterocycles. The third-order valence-corrected chi connectivity index (χ3v) is 15.4. The zero-order valence-electron chi connectivity index (χ0n) is 28.6. The number of carbonyl (C=O) groups excluding carboxylic acids is 1. The summed E-state index contributed by atoms with van der Waals surface area (Å²) in [5.74, 6) is 0. The molecule has 1 amide bonds. The minimum Gasteiger partial charge on any atom is -0.444 e. The second-order valence-corrected chi connectivity index (χ2v) is 22.2. The zero-order valence-corrected chi connectivity index (χ0v) is 31.2. The molecule has 1 fully saturated rings. The second kappa shape index (κ2) is 12.1. The van der Waals surface area contributed by atoms with E-state index in [1.165, 1.54) is 10.4 Å². The van der Waals surface area contributed by atoms with Crippen molar-refractivity contribution in [1.82, 2.24) is 9.88 Å². The fraction of sp³-hybridized carbons (Fsp3) is 0.600. The van der Waals surface area contributed by atoms with Gasteiger partial charge in [-0.2, -0.15) is 0 Å². The number of amides is 1. The minimum absolute atomic E-state index is 0.0159. The number of hydrogen-bond donors (Lipinski definition) is 1. The maximum atomic E-state index is 13.4. The molecule has 0 bridgehead atoms. The Morgan fingerprint density at radius 1 is 1.11 bits per heavy atom. The predicted octanol–water partition coefficient (Wildman–Crippen LogP) is 9.04. The maximum absolute atomic E-state index is 13.4. The van der Waals surface area contributed by atoms with E-state index in [-0.39, 0.29) is 23.2 Å². The van der Waals surface area contributed by atoms with Gasteiger partial charge in [0.1, 0.15) is 5.60 Å². The number of aryl methyl sites for hydroxylation is 1. The summed E-state index contributed by atoms with van der Waals surface area (Å²) in [7, 11) is -1.90. The first-order valence-electron chi connectivity index (χ1n) is 16.1. The van der Waals surface area contributed by atoms with E-state index in [1.807, 2.05) is 27.0 Å². The van der Waals surface area contributed by atoms with Crippen molar-refractivity contribution >= 4 is 53.3 Å². The standard InChI is InChI=1S/C35H50ClN3O4SSi/c1-33(2,3)43-32(40)39-20-24(18-29(39)35(7,8)41)38-15-11-12-22-16-23(36)17-27(30(22)38)26-13-14-37-28-19-25(44-31(26)28)21-42-45(9,10)34(4,5)6/h13-14,16-17,19,24,29,41H,11-12,15,18,20-21H2,1-10H3/t24-,29-/m0/s1. The summed E-state index contributed by atoms with van der Waals surface area (Å²) in [6.45, 7) is 22.5. The molecule has 1 N–H and O–H groups in total. The molecular formula is C35H50ClN3O4SSi. The van der Waals surface area contributed by atoms with Crippen molar-refractivity contribution in [2.75, 3.05) is 18.0 Å². The van der Waals surface area contributed by atoms with E-state index in [2.05, 4.69) is 63.0 Å². The number of pyridine rings is 1. The smallest absolute Gasteiger partial charge is 0.410 e. The van der Waals surface area contributed by atoms with Gasteiger partial charge in [-0.15, -0.1) is 11.3 Å². The molecule has 0 unspecified atom stereocenters. The Balaban J connectivity index is 1.53. The van der Waals surface area contributed by atoms with Crippen LogP contribution in [0, 0.1) is 0 Å². The van der Waals surface area contributed by atoms with Crippen LogP contribution in [0.5, 0.6) is 0 Å². The van der Waals surface area contributed by atoms with Crippen LogP contribution < -0.4 is 4.90 Å². The molecule has 246 valence electrons. The molecular weight excluding hydrogens is 622 g/mol. The van der Waals surface area contributed by atoms with Crippen LogP contribution >= 0.6 is 22.9 Å². The van der Waals surface area contributed by atoms with E-state index < -0.39 is 19.5 Å². The first-order valence-corrected chi connectivity index (χ1v) is 20.2. The fourth-order valence-corrected chi connectivity index (χ4v) is 8.63. The number of likely N-dealkylation sites (tertiary alicyclic amines) is 1. The van der Waals surface area contributed by atoms with Crippen molar-refractivity contribution in [2.24, 2.45) is 0 Å². The predicted molar refractivity (Wildman–Crippen MR) is 189 cm³/mol. The van der Waals surface area contributed by atoms with E-state index >= 15 is 0 Å². The molecule has 10 heteroatoms. The molecule has 45 heavy (non-hydrogen) atoms. The van der Waals surface area contributed by atoms with Gasteiger partial charge >= 0.3 is 6.09 Å². The van der Waals surface area contributed by atoms with Gasteiger partial charge < -0.3 is 24.1 Å². The third-order valence-electron chi connectivity index (χ3n) is 9.58. The number of anilines is 1. The van der Waals surface area contributed by atoms with Gasteiger partial charge in [0.05, 0.1) is 28.5 Å². The van der Waals surface area contributed by atoms with Crippen molar-refractivity contribution in [2.45, 2.75) is 123 Å². The van der Waals surface area contributed by atoms with Crippen LogP contribution in [-0.4, -0.2) is 65.8 Å². The number of benzene rings is 1. The molecule has 7 nitrogen and oxygen atoms in total. The van der Waals surface area contributed by atoms with Crippen molar-refractivity contribution in [1.29, 1.82) is 0 Å². The maximum Gasteiger partial charge on any atom is 0.410 e. The van der Waals surface area contributed by atoms with Crippen LogP contribution in [0.2, 0.25) is 23.2 Å². The Kier molecular flexibility index (Phi) is 9.21. The summed E-state index contributed by atoms with van der Waals surface area (Å²) < 4.78 is 13.5. The number of hydrogen-bond acceptors (Lipinski definition) is 7. The molecule has 1 saturated heterocycles. The molecule has 0 radical (unpaired) electrons. The summed E-state index contributed by atoms with van der Waals surface area (Å²) in [5, 5.41) is 12.0. The van der Waals surface area contributed by atoms with E-state index in [0.29, 0.717) is 24.6 Å². The number of aliphatic hydroxyl groups is 1. The number of aromatic nitrogens is 1. The zero-order chi connectivity index (χ0) is 33.1. The highest BCUT2D eigenvalue weighted by molar-refractivity contribution is 7.19. The largest absolute Gasteiger partial charge is 0.444 e. The summed E-state index contributed by atoms with van der Waals surface area (Å²) >= 11 is 8.54. The van der Waals surface area contributed by atoms with Crippen LogP contribution in [0.3, 0.4) is 0 Å². The van der Waals surface area contributed by atoms with E-state index in [0.717, 1.165) is 46.4 Å². The number of carbonyl (C=O) groups is 1. The summed E-state index contributed by atoms with van der Waals surface area (Å²) in [5.41, 5.74) is 3.82. The van der Waals surface area contributed by atoms with Crippen LogP contribution in [0.15, 0.2) is 30.5 Å². The van der Waals surface area contributed by atoms with Gasteiger partial charge in [-0.1, -0.05) is 32.4 Å². The molecule has 1 aromatic carbocycles. The molecule has 4 heterocycles. The number of rotatable bonds is 6. The Labute approximate surface area is 279 Å². The molecule has 3 aromatic rings. The Hall–Kier alpha value is -2.17. The number of ether oxygens (including phenoxy) is 1. The van der Waals surface area contributed by atoms with Gasteiger partial charge in [-0.05, 0) is 102 Å².